The molecule has 0 aromatic heterocycles. The maximum absolute atomic E-state index is 10.4. The van der Waals surface area contributed by atoms with Crippen LogP contribution in [0.15, 0.2) is 102 Å². The van der Waals surface area contributed by atoms with Crippen molar-refractivity contribution in [2.75, 3.05) is 26.2 Å². The molecule has 32 heavy (non-hydrogen) atoms. The molecular weight excluding hydrogens is 394 g/mol. The van der Waals surface area contributed by atoms with E-state index < -0.39 is 0 Å². The van der Waals surface area contributed by atoms with Gasteiger partial charge in [0.1, 0.15) is 5.75 Å². The quantitative estimate of drug-likeness (QED) is 0.445. The lowest BCUT2D eigenvalue weighted by atomic mass is 9.96. The second-order valence-corrected chi connectivity index (χ2v) is 8.18. The van der Waals surface area contributed by atoms with Gasteiger partial charge in [-0.15, -0.1) is 0 Å². The summed E-state index contributed by atoms with van der Waals surface area (Å²) in [7, 11) is 0. The lowest BCUT2D eigenvalue weighted by Gasteiger charge is -2.38. The van der Waals surface area contributed by atoms with Crippen LogP contribution in [-0.2, 0) is 0 Å². The molecule has 1 aliphatic heterocycles. The second kappa shape index (κ2) is 9.25. The van der Waals surface area contributed by atoms with E-state index in [0.29, 0.717) is 0 Å². The Morgan fingerprint density at radius 1 is 0.688 bits per heavy atom. The van der Waals surface area contributed by atoms with E-state index in [4.69, 9.17) is 5.10 Å². The first kappa shape index (κ1) is 20.3. The Labute approximate surface area is 189 Å². The van der Waals surface area contributed by atoms with Gasteiger partial charge in [-0.05, 0) is 28.0 Å². The molecule has 0 saturated carbocycles. The summed E-state index contributed by atoms with van der Waals surface area (Å²) in [6.07, 6.45) is 1.80. The van der Waals surface area contributed by atoms with Crippen molar-refractivity contribution < 1.29 is 5.11 Å². The van der Waals surface area contributed by atoms with Crippen molar-refractivity contribution in [3.05, 3.63) is 114 Å². The Kier molecular flexibility index (Phi) is 5.86. The van der Waals surface area contributed by atoms with Crippen LogP contribution in [-0.4, -0.2) is 47.4 Å². The first-order valence-corrected chi connectivity index (χ1v) is 11.1. The van der Waals surface area contributed by atoms with E-state index in [1.54, 1.807) is 12.3 Å². The Balaban J connectivity index is 1.33. The average Bonchev–Trinajstić information content (AvgIpc) is 2.86. The smallest absolute Gasteiger partial charge is 0.125 e. The van der Waals surface area contributed by atoms with Gasteiger partial charge in [0.25, 0.3) is 0 Å². The number of nitrogens with zero attached hydrogens (tertiary/aromatic N) is 3. The van der Waals surface area contributed by atoms with E-state index in [1.807, 2.05) is 24.3 Å². The third kappa shape index (κ3) is 4.23. The van der Waals surface area contributed by atoms with E-state index in [1.165, 1.54) is 11.1 Å². The Bertz CT molecular complexity index is 1160. The van der Waals surface area contributed by atoms with Gasteiger partial charge in [-0.25, -0.2) is 0 Å². The molecule has 4 heteroatoms. The van der Waals surface area contributed by atoms with E-state index >= 15 is 0 Å². The first-order valence-electron chi connectivity index (χ1n) is 11.1. The third-order valence-electron chi connectivity index (χ3n) is 6.18. The van der Waals surface area contributed by atoms with Crippen LogP contribution in [0.3, 0.4) is 0 Å². The molecule has 4 aromatic rings. The van der Waals surface area contributed by atoms with Crippen molar-refractivity contribution in [3.63, 3.8) is 0 Å². The van der Waals surface area contributed by atoms with Crippen LogP contribution in [0, 0.1) is 0 Å². The van der Waals surface area contributed by atoms with E-state index in [-0.39, 0.29) is 11.8 Å². The average molecular weight is 422 g/mol. The summed E-state index contributed by atoms with van der Waals surface area (Å²) < 4.78 is 0. The molecule has 0 bridgehead atoms. The SMILES string of the molecule is Oc1ccc2ccccc2c1C=NN1CCN(C(c2ccccc2)c2ccccc2)CC1. The highest BCUT2D eigenvalue weighted by Crippen LogP contribution is 2.30. The van der Waals surface area contributed by atoms with Crippen LogP contribution >= 0.6 is 0 Å². The number of piperazine rings is 1. The van der Waals surface area contributed by atoms with Gasteiger partial charge in [0, 0.05) is 31.7 Å². The molecule has 0 aliphatic carbocycles. The van der Waals surface area contributed by atoms with Crippen molar-refractivity contribution in [2.24, 2.45) is 5.10 Å². The predicted octanol–water partition coefficient (Wildman–Crippen LogP) is 5.29. The highest BCUT2D eigenvalue weighted by atomic mass is 16.3. The minimum atomic E-state index is 0.241. The fourth-order valence-electron chi connectivity index (χ4n) is 4.53. The minimum Gasteiger partial charge on any atom is -0.507 e. The van der Waals surface area contributed by atoms with Crippen LogP contribution in [0.5, 0.6) is 5.75 Å². The molecule has 1 N–H and O–H groups in total. The van der Waals surface area contributed by atoms with Crippen LogP contribution in [0.1, 0.15) is 22.7 Å². The highest BCUT2D eigenvalue weighted by molar-refractivity contribution is 6.02. The fraction of sp³-hybridized carbons (Fsp3) is 0.179. The molecule has 0 radical (unpaired) electrons. The Morgan fingerprint density at radius 2 is 1.28 bits per heavy atom. The number of aromatic hydroxyl groups is 1. The number of phenols is 1. The van der Waals surface area contributed by atoms with E-state index in [2.05, 4.69) is 76.6 Å². The number of hydrazone groups is 1. The Hall–Kier alpha value is -3.63. The van der Waals surface area contributed by atoms with Crippen molar-refractivity contribution in [1.82, 2.24) is 9.91 Å². The van der Waals surface area contributed by atoms with Crippen LogP contribution < -0.4 is 0 Å². The molecular formula is C28H27N3O. The second-order valence-electron chi connectivity index (χ2n) is 8.18. The van der Waals surface area contributed by atoms with Gasteiger partial charge in [-0.1, -0.05) is 91.0 Å². The van der Waals surface area contributed by atoms with Crippen molar-refractivity contribution in [3.8, 4) is 5.75 Å². The van der Waals surface area contributed by atoms with Crippen LogP contribution in [0.2, 0.25) is 0 Å². The van der Waals surface area contributed by atoms with E-state index in [0.717, 1.165) is 42.5 Å². The largest absolute Gasteiger partial charge is 0.507 e. The first-order chi connectivity index (χ1) is 15.8. The Morgan fingerprint density at radius 3 is 1.94 bits per heavy atom. The topological polar surface area (TPSA) is 39.1 Å². The number of phenolic OH excluding ortho intramolecular Hbond substituents is 1. The molecule has 1 heterocycles. The molecule has 0 unspecified atom stereocenters. The maximum atomic E-state index is 10.4. The molecule has 0 atom stereocenters. The van der Waals surface area contributed by atoms with Gasteiger partial charge in [-0.3, -0.25) is 9.91 Å². The maximum Gasteiger partial charge on any atom is 0.125 e. The number of rotatable bonds is 5. The molecule has 5 rings (SSSR count). The molecule has 4 aromatic carbocycles. The molecule has 4 nitrogen and oxygen atoms in total. The van der Waals surface area contributed by atoms with Gasteiger partial charge < -0.3 is 5.11 Å². The van der Waals surface area contributed by atoms with Gasteiger partial charge in [0.2, 0.25) is 0 Å². The van der Waals surface area contributed by atoms with Gasteiger partial charge in [0.15, 0.2) is 0 Å². The summed E-state index contributed by atoms with van der Waals surface area (Å²) in [5.41, 5.74) is 3.41. The molecule has 1 fully saturated rings. The highest BCUT2D eigenvalue weighted by Gasteiger charge is 2.25. The molecule has 1 aliphatic rings. The minimum absolute atomic E-state index is 0.241. The third-order valence-corrected chi connectivity index (χ3v) is 6.18. The zero-order chi connectivity index (χ0) is 21.8. The predicted molar refractivity (Wildman–Crippen MR) is 131 cm³/mol. The summed E-state index contributed by atoms with van der Waals surface area (Å²) in [5.74, 6) is 0.263. The summed E-state index contributed by atoms with van der Waals surface area (Å²) >= 11 is 0. The summed E-state index contributed by atoms with van der Waals surface area (Å²) in [4.78, 5) is 2.53. The van der Waals surface area contributed by atoms with Crippen LogP contribution in [0.25, 0.3) is 10.8 Å². The lowest BCUT2D eigenvalue weighted by molar-refractivity contribution is 0.113. The summed E-state index contributed by atoms with van der Waals surface area (Å²) in [6.45, 7) is 3.54. The van der Waals surface area contributed by atoms with Crippen molar-refractivity contribution in [2.45, 2.75) is 6.04 Å². The number of fused-ring (bicyclic) bond motifs is 1. The molecule has 0 spiro atoms. The van der Waals surface area contributed by atoms with E-state index in [9.17, 15) is 5.11 Å². The van der Waals surface area contributed by atoms with Crippen molar-refractivity contribution >= 4 is 17.0 Å². The monoisotopic (exact) mass is 421 g/mol. The normalized spacial score (nSPS) is 15.1. The molecule has 0 amide bonds. The lowest BCUT2D eigenvalue weighted by Crippen LogP contribution is -2.45. The molecule has 1 saturated heterocycles. The number of hydrogen-bond acceptors (Lipinski definition) is 4. The van der Waals surface area contributed by atoms with Gasteiger partial charge in [0.05, 0.1) is 12.3 Å². The van der Waals surface area contributed by atoms with Crippen molar-refractivity contribution in [1.29, 1.82) is 0 Å². The zero-order valence-electron chi connectivity index (χ0n) is 18.0. The number of hydrogen-bond donors (Lipinski definition) is 1. The standard InChI is InChI=1S/C28H27N3O/c32-27-16-15-22-9-7-8-14-25(22)26(27)21-29-31-19-17-30(18-20-31)28(23-10-3-1-4-11-23)24-12-5-2-6-13-24/h1-16,21,28,32H,17-20H2. The van der Waals surface area contributed by atoms with Gasteiger partial charge >= 0.3 is 0 Å². The summed E-state index contributed by atoms with van der Waals surface area (Å²) in [6, 6.07) is 33.5. The number of benzene rings is 4. The summed E-state index contributed by atoms with van der Waals surface area (Å²) in [5, 5.41) is 19.3. The van der Waals surface area contributed by atoms with Crippen LogP contribution in [0.4, 0.5) is 0 Å². The fourth-order valence-corrected chi connectivity index (χ4v) is 4.53. The zero-order valence-corrected chi connectivity index (χ0v) is 18.0. The van der Waals surface area contributed by atoms with Gasteiger partial charge in [-0.2, -0.15) is 5.10 Å². The molecule has 160 valence electrons.